The molecule has 0 amide bonds. The van der Waals surface area contributed by atoms with Gasteiger partial charge < -0.3 is 0 Å². The first-order valence-electron chi connectivity index (χ1n) is 6.30. The summed E-state index contributed by atoms with van der Waals surface area (Å²) in [6.07, 6.45) is 3.66. The zero-order chi connectivity index (χ0) is 16.3. The van der Waals surface area contributed by atoms with Crippen molar-refractivity contribution in [3.8, 4) is 0 Å². The van der Waals surface area contributed by atoms with Gasteiger partial charge in [-0.05, 0) is 6.42 Å². The highest BCUT2D eigenvalue weighted by atomic mass is 35.6. The van der Waals surface area contributed by atoms with E-state index >= 15 is 0 Å². The van der Waals surface area contributed by atoms with Crippen LogP contribution >= 0.6 is 58.0 Å². The third-order valence-electron chi connectivity index (χ3n) is 2.98. The number of hydrogen-bond acceptors (Lipinski definition) is 4. The average molecular weight is 401 g/mol. The van der Waals surface area contributed by atoms with Gasteiger partial charge in [-0.25, -0.2) is 10.1 Å². The van der Waals surface area contributed by atoms with Crippen LogP contribution in [0.1, 0.15) is 32.6 Å². The quantitative estimate of drug-likeness (QED) is 0.278. The minimum absolute atomic E-state index is 0.424. The SMILES string of the molecule is CCCCCCN1N=CN([N+](=O)[O-])C1C(Cl)(Cl)C(Cl)(Cl)Cl. The Labute approximate surface area is 148 Å². The molecule has 21 heavy (non-hydrogen) atoms. The first-order chi connectivity index (χ1) is 9.63. The molecule has 0 aliphatic carbocycles. The van der Waals surface area contributed by atoms with Crippen molar-refractivity contribution in [1.82, 2.24) is 10.0 Å². The number of unbranched alkanes of at least 4 members (excludes halogenated alkanes) is 3. The second-order valence-electron chi connectivity index (χ2n) is 4.57. The normalized spacial score (nSPS) is 19.4. The molecule has 1 rings (SSSR count). The summed E-state index contributed by atoms with van der Waals surface area (Å²) in [6, 6.07) is 0. The summed E-state index contributed by atoms with van der Waals surface area (Å²) in [5, 5.41) is 16.3. The Morgan fingerprint density at radius 3 is 2.33 bits per heavy atom. The molecule has 0 aromatic rings. The molecule has 1 unspecified atom stereocenters. The number of nitro groups is 1. The summed E-state index contributed by atoms with van der Waals surface area (Å²) in [4.78, 5) is 11.1. The maximum absolute atomic E-state index is 11.1. The summed E-state index contributed by atoms with van der Waals surface area (Å²) in [6.45, 7) is 2.50. The van der Waals surface area contributed by atoms with Gasteiger partial charge >= 0.3 is 0 Å². The molecule has 1 heterocycles. The van der Waals surface area contributed by atoms with Crippen molar-refractivity contribution >= 4 is 64.3 Å². The molecule has 0 saturated heterocycles. The molecule has 0 fully saturated rings. The van der Waals surface area contributed by atoms with E-state index in [1.54, 1.807) is 0 Å². The molecule has 122 valence electrons. The molecule has 1 aliphatic rings. The van der Waals surface area contributed by atoms with Gasteiger partial charge in [0.25, 0.3) is 0 Å². The second-order valence-corrected chi connectivity index (χ2v) is 8.23. The molecule has 6 nitrogen and oxygen atoms in total. The monoisotopic (exact) mass is 398 g/mol. The van der Waals surface area contributed by atoms with Crippen LogP contribution < -0.4 is 0 Å². The summed E-state index contributed by atoms with van der Waals surface area (Å²) in [5.41, 5.74) is 0. The fourth-order valence-corrected chi connectivity index (χ4v) is 2.61. The van der Waals surface area contributed by atoms with E-state index in [-0.39, 0.29) is 0 Å². The fraction of sp³-hybridized carbons (Fsp3) is 0.900. The standard InChI is InChI=1S/C10H15Cl5N4O2/c1-2-3-4-5-6-17-8(9(11,12)10(13,14)15)18(7-16-17)19(20)21/h7-8H,2-6H2,1H3. The lowest BCUT2D eigenvalue weighted by Gasteiger charge is -2.37. The fourth-order valence-electron chi connectivity index (χ4n) is 1.89. The van der Waals surface area contributed by atoms with Crippen molar-refractivity contribution in [1.29, 1.82) is 0 Å². The summed E-state index contributed by atoms with van der Waals surface area (Å²) in [7, 11) is 0. The van der Waals surface area contributed by atoms with Gasteiger partial charge in [0.05, 0.1) is 0 Å². The maximum Gasteiger partial charge on any atom is 0.227 e. The number of nitrogens with zero attached hydrogens (tertiary/aromatic N) is 4. The van der Waals surface area contributed by atoms with Crippen LogP contribution in [0, 0.1) is 10.1 Å². The zero-order valence-electron chi connectivity index (χ0n) is 11.2. The molecule has 0 saturated carbocycles. The summed E-state index contributed by atoms with van der Waals surface area (Å²) in [5.74, 6) is 0. The largest absolute Gasteiger partial charge is 0.264 e. The lowest BCUT2D eigenvalue weighted by Crippen LogP contribution is -2.58. The van der Waals surface area contributed by atoms with E-state index in [2.05, 4.69) is 12.0 Å². The Morgan fingerprint density at radius 2 is 1.86 bits per heavy atom. The van der Waals surface area contributed by atoms with Crippen molar-refractivity contribution in [2.45, 2.75) is 46.9 Å². The Kier molecular flexibility index (Phi) is 6.93. The molecule has 0 bridgehead atoms. The van der Waals surface area contributed by atoms with E-state index in [0.717, 1.165) is 32.0 Å². The van der Waals surface area contributed by atoms with E-state index in [1.165, 1.54) is 5.01 Å². The molecular formula is C10H15Cl5N4O2. The minimum Gasteiger partial charge on any atom is -0.264 e. The van der Waals surface area contributed by atoms with Gasteiger partial charge in [0.15, 0.2) is 11.4 Å². The van der Waals surface area contributed by atoms with E-state index in [9.17, 15) is 10.1 Å². The van der Waals surface area contributed by atoms with Crippen LogP contribution in [0.25, 0.3) is 0 Å². The van der Waals surface area contributed by atoms with E-state index in [4.69, 9.17) is 58.0 Å². The van der Waals surface area contributed by atoms with Gasteiger partial charge in [-0.3, -0.25) is 5.01 Å². The third kappa shape index (κ3) is 4.55. The van der Waals surface area contributed by atoms with Gasteiger partial charge in [-0.2, -0.15) is 5.10 Å². The van der Waals surface area contributed by atoms with Crippen LogP contribution in [-0.2, 0) is 0 Å². The first-order valence-corrected chi connectivity index (χ1v) is 8.19. The van der Waals surface area contributed by atoms with Crippen LogP contribution in [0.3, 0.4) is 0 Å². The molecule has 0 radical (unpaired) electrons. The predicted molar refractivity (Wildman–Crippen MR) is 86.7 cm³/mol. The predicted octanol–water partition coefficient (Wildman–Crippen LogP) is 4.19. The Balaban J connectivity index is 2.88. The van der Waals surface area contributed by atoms with Gasteiger partial charge in [0.1, 0.15) is 0 Å². The lowest BCUT2D eigenvalue weighted by molar-refractivity contribution is -0.638. The Hall–Kier alpha value is 0.120. The van der Waals surface area contributed by atoms with Crippen molar-refractivity contribution in [3.63, 3.8) is 0 Å². The summed E-state index contributed by atoms with van der Waals surface area (Å²) >= 11 is 29.5. The summed E-state index contributed by atoms with van der Waals surface area (Å²) < 4.78 is -4.16. The maximum atomic E-state index is 11.1. The van der Waals surface area contributed by atoms with Crippen molar-refractivity contribution < 1.29 is 5.03 Å². The smallest absolute Gasteiger partial charge is 0.227 e. The van der Waals surface area contributed by atoms with Crippen molar-refractivity contribution in [2.24, 2.45) is 5.10 Å². The van der Waals surface area contributed by atoms with Crippen molar-refractivity contribution in [3.05, 3.63) is 10.1 Å². The second kappa shape index (κ2) is 7.59. The number of hydrazine groups is 1. The van der Waals surface area contributed by atoms with Gasteiger partial charge in [0.2, 0.25) is 14.3 Å². The van der Waals surface area contributed by atoms with E-state index in [1.807, 2.05) is 0 Å². The molecule has 1 aliphatic heterocycles. The molecule has 0 N–H and O–H groups in total. The van der Waals surface area contributed by atoms with Crippen LogP contribution in [0.5, 0.6) is 0 Å². The van der Waals surface area contributed by atoms with Gasteiger partial charge in [0, 0.05) is 6.54 Å². The van der Waals surface area contributed by atoms with Gasteiger partial charge in [-0.1, -0.05) is 89.2 Å². The molecule has 1 atom stereocenters. The highest BCUT2D eigenvalue weighted by molar-refractivity contribution is 6.75. The van der Waals surface area contributed by atoms with Crippen LogP contribution in [0.2, 0.25) is 0 Å². The molecule has 0 aromatic heterocycles. The third-order valence-corrected chi connectivity index (χ3v) is 5.41. The lowest BCUT2D eigenvalue weighted by atomic mass is 10.2. The van der Waals surface area contributed by atoms with Crippen LogP contribution in [-0.4, -0.2) is 42.2 Å². The highest BCUT2D eigenvalue weighted by Gasteiger charge is 2.60. The zero-order valence-corrected chi connectivity index (χ0v) is 15.0. The molecule has 0 spiro atoms. The minimum atomic E-state index is -2.12. The van der Waals surface area contributed by atoms with Crippen LogP contribution in [0.15, 0.2) is 5.10 Å². The van der Waals surface area contributed by atoms with E-state index in [0.29, 0.717) is 11.6 Å². The number of rotatable bonds is 7. The van der Waals surface area contributed by atoms with Gasteiger partial charge in [-0.15, -0.1) is 0 Å². The number of hydrogen-bond donors (Lipinski definition) is 0. The molecule has 11 heteroatoms. The molecular weight excluding hydrogens is 385 g/mol. The van der Waals surface area contributed by atoms with Crippen molar-refractivity contribution in [2.75, 3.05) is 6.54 Å². The number of halogens is 5. The average Bonchev–Trinajstić information content (AvgIpc) is 2.77. The Bertz CT molecular complexity index is 401. The number of hydrazone groups is 1. The van der Waals surface area contributed by atoms with Crippen LogP contribution in [0.4, 0.5) is 0 Å². The highest BCUT2D eigenvalue weighted by Crippen LogP contribution is 2.50. The number of alkyl halides is 5. The molecule has 0 aromatic carbocycles. The van der Waals surface area contributed by atoms with E-state index < -0.39 is 19.3 Å². The Morgan fingerprint density at radius 1 is 1.24 bits per heavy atom. The first kappa shape index (κ1) is 19.2. The topological polar surface area (TPSA) is 62.0 Å².